The SMILES string of the molecule is c1ccc2c(c1)oc1c(-c3ncsn3)cccc12. The maximum Gasteiger partial charge on any atom is 0.176 e. The Morgan fingerprint density at radius 2 is 1.83 bits per heavy atom. The second-order valence-electron chi connectivity index (χ2n) is 4.04. The highest BCUT2D eigenvalue weighted by Gasteiger charge is 2.13. The summed E-state index contributed by atoms with van der Waals surface area (Å²) in [5, 5.41) is 2.24. The number of hydrogen-bond acceptors (Lipinski definition) is 4. The lowest BCUT2D eigenvalue weighted by Gasteiger charge is -1.95. The summed E-state index contributed by atoms with van der Waals surface area (Å²) < 4.78 is 10.2. The van der Waals surface area contributed by atoms with Crippen molar-refractivity contribution in [3.63, 3.8) is 0 Å². The summed E-state index contributed by atoms with van der Waals surface area (Å²) in [5.41, 5.74) is 4.44. The number of aromatic nitrogens is 2. The topological polar surface area (TPSA) is 38.9 Å². The van der Waals surface area contributed by atoms with Crippen LogP contribution < -0.4 is 0 Å². The highest BCUT2D eigenvalue weighted by Crippen LogP contribution is 2.34. The Bertz CT molecular complexity index is 833. The highest BCUT2D eigenvalue weighted by molar-refractivity contribution is 7.03. The molecule has 0 atom stereocenters. The number of fused-ring (bicyclic) bond motifs is 3. The van der Waals surface area contributed by atoms with Crippen LogP contribution in [0.2, 0.25) is 0 Å². The summed E-state index contributed by atoms with van der Waals surface area (Å²) in [5.74, 6) is 0.727. The molecule has 2 aromatic heterocycles. The molecule has 0 N–H and O–H groups in total. The molecule has 4 rings (SSSR count). The fourth-order valence-electron chi connectivity index (χ4n) is 2.21. The minimum absolute atomic E-state index is 0.727. The monoisotopic (exact) mass is 252 g/mol. The lowest BCUT2D eigenvalue weighted by molar-refractivity contribution is 0.669. The number of furan rings is 1. The zero-order valence-corrected chi connectivity index (χ0v) is 10.1. The Kier molecular flexibility index (Phi) is 1.98. The van der Waals surface area contributed by atoms with Gasteiger partial charge in [0.15, 0.2) is 5.82 Å². The zero-order valence-electron chi connectivity index (χ0n) is 9.33. The number of benzene rings is 2. The summed E-state index contributed by atoms with van der Waals surface area (Å²) in [6.45, 7) is 0. The largest absolute Gasteiger partial charge is 0.455 e. The summed E-state index contributed by atoms with van der Waals surface area (Å²) in [7, 11) is 0. The molecule has 0 aliphatic carbocycles. The molecule has 2 aromatic carbocycles. The van der Waals surface area contributed by atoms with Crippen LogP contribution in [-0.4, -0.2) is 9.36 Å². The molecule has 0 fully saturated rings. The lowest BCUT2D eigenvalue weighted by atomic mass is 10.1. The molecular weight excluding hydrogens is 244 g/mol. The van der Waals surface area contributed by atoms with Crippen LogP contribution in [0.1, 0.15) is 0 Å². The smallest absolute Gasteiger partial charge is 0.176 e. The zero-order chi connectivity index (χ0) is 11.9. The number of nitrogens with zero attached hydrogens (tertiary/aromatic N) is 2. The number of para-hydroxylation sites is 2. The first kappa shape index (κ1) is 9.79. The third-order valence-electron chi connectivity index (χ3n) is 3.01. The van der Waals surface area contributed by atoms with Crippen LogP contribution in [0, 0.1) is 0 Å². The van der Waals surface area contributed by atoms with Crippen molar-refractivity contribution in [2.24, 2.45) is 0 Å². The van der Waals surface area contributed by atoms with E-state index < -0.39 is 0 Å². The first-order valence-electron chi connectivity index (χ1n) is 5.60. The van der Waals surface area contributed by atoms with E-state index >= 15 is 0 Å². The van der Waals surface area contributed by atoms with Gasteiger partial charge in [-0.2, -0.15) is 4.37 Å². The van der Waals surface area contributed by atoms with E-state index in [1.54, 1.807) is 5.51 Å². The van der Waals surface area contributed by atoms with Gasteiger partial charge in [0.05, 0.1) is 5.56 Å². The van der Waals surface area contributed by atoms with Gasteiger partial charge in [-0.15, -0.1) is 0 Å². The van der Waals surface area contributed by atoms with Gasteiger partial charge in [-0.1, -0.05) is 30.3 Å². The molecule has 0 aliphatic heterocycles. The van der Waals surface area contributed by atoms with Gasteiger partial charge in [0, 0.05) is 10.8 Å². The second kappa shape index (κ2) is 3.65. The Morgan fingerprint density at radius 3 is 2.72 bits per heavy atom. The van der Waals surface area contributed by atoms with E-state index in [2.05, 4.69) is 21.5 Å². The summed E-state index contributed by atoms with van der Waals surface area (Å²) in [6.07, 6.45) is 0. The molecule has 86 valence electrons. The fourth-order valence-corrected chi connectivity index (χ4v) is 2.65. The van der Waals surface area contributed by atoms with E-state index in [0.29, 0.717) is 0 Å². The highest BCUT2D eigenvalue weighted by atomic mass is 32.1. The molecule has 0 bridgehead atoms. The van der Waals surface area contributed by atoms with Gasteiger partial charge in [0.25, 0.3) is 0 Å². The predicted octanol–water partition coefficient (Wildman–Crippen LogP) is 4.10. The molecular formula is C14H8N2OS. The number of hydrogen-bond donors (Lipinski definition) is 0. The third kappa shape index (κ3) is 1.29. The van der Waals surface area contributed by atoms with Crippen LogP contribution in [0.25, 0.3) is 33.3 Å². The minimum atomic E-state index is 0.727. The molecule has 0 spiro atoms. The maximum atomic E-state index is 5.93. The number of rotatable bonds is 1. The first-order chi connectivity index (χ1) is 8.93. The van der Waals surface area contributed by atoms with Crippen molar-refractivity contribution in [2.75, 3.05) is 0 Å². The quantitative estimate of drug-likeness (QED) is 0.512. The van der Waals surface area contributed by atoms with Crippen molar-refractivity contribution in [3.8, 4) is 11.4 Å². The van der Waals surface area contributed by atoms with Gasteiger partial charge in [0.2, 0.25) is 0 Å². The van der Waals surface area contributed by atoms with E-state index in [0.717, 1.165) is 33.3 Å². The van der Waals surface area contributed by atoms with Crippen molar-refractivity contribution in [1.29, 1.82) is 0 Å². The van der Waals surface area contributed by atoms with Crippen LogP contribution in [-0.2, 0) is 0 Å². The average molecular weight is 252 g/mol. The van der Waals surface area contributed by atoms with Crippen molar-refractivity contribution < 1.29 is 4.42 Å². The molecule has 2 heterocycles. The maximum absolute atomic E-state index is 5.93. The van der Waals surface area contributed by atoms with Gasteiger partial charge in [-0.3, -0.25) is 0 Å². The van der Waals surface area contributed by atoms with E-state index in [4.69, 9.17) is 4.42 Å². The molecule has 18 heavy (non-hydrogen) atoms. The van der Waals surface area contributed by atoms with E-state index in [9.17, 15) is 0 Å². The Morgan fingerprint density at radius 1 is 0.944 bits per heavy atom. The molecule has 0 saturated carbocycles. The van der Waals surface area contributed by atoms with Crippen LogP contribution >= 0.6 is 11.5 Å². The van der Waals surface area contributed by atoms with E-state index in [1.807, 2.05) is 30.3 Å². The average Bonchev–Trinajstić information content (AvgIpc) is 3.05. The van der Waals surface area contributed by atoms with E-state index in [-0.39, 0.29) is 0 Å². The lowest BCUT2D eigenvalue weighted by Crippen LogP contribution is -1.80. The van der Waals surface area contributed by atoms with Crippen LogP contribution in [0.15, 0.2) is 52.4 Å². The van der Waals surface area contributed by atoms with Gasteiger partial charge in [-0.05, 0) is 23.7 Å². The Balaban J connectivity index is 2.17. The van der Waals surface area contributed by atoms with Crippen molar-refractivity contribution in [3.05, 3.63) is 48.0 Å². The van der Waals surface area contributed by atoms with Gasteiger partial charge in [-0.25, -0.2) is 4.98 Å². The van der Waals surface area contributed by atoms with Crippen LogP contribution in [0.3, 0.4) is 0 Å². The van der Waals surface area contributed by atoms with E-state index in [1.165, 1.54) is 11.5 Å². The third-order valence-corrected chi connectivity index (χ3v) is 3.48. The summed E-state index contributed by atoms with van der Waals surface area (Å²) >= 11 is 1.35. The normalized spacial score (nSPS) is 11.3. The second-order valence-corrected chi connectivity index (χ2v) is 4.64. The van der Waals surface area contributed by atoms with Gasteiger partial charge in [0.1, 0.15) is 16.7 Å². The molecule has 0 unspecified atom stereocenters. The summed E-state index contributed by atoms with van der Waals surface area (Å²) in [4.78, 5) is 4.25. The molecule has 4 heteroatoms. The van der Waals surface area contributed by atoms with Crippen molar-refractivity contribution in [1.82, 2.24) is 9.36 Å². The minimum Gasteiger partial charge on any atom is -0.455 e. The predicted molar refractivity (Wildman–Crippen MR) is 72.6 cm³/mol. The molecule has 3 nitrogen and oxygen atoms in total. The van der Waals surface area contributed by atoms with Gasteiger partial charge < -0.3 is 4.42 Å². The van der Waals surface area contributed by atoms with Gasteiger partial charge >= 0.3 is 0 Å². The van der Waals surface area contributed by atoms with Crippen LogP contribution in [0.4, 0.5) is 0 Å². The standard InChI is InChI=1S/C14H8N2OS/c1-2-7-12-9(4-1)10-5-3-6-11(13(10)17-12)14-15-8-18-16-14/h1-8H. The molecule has 4 aromatic rings. The Hall–Kier alpha value is -2.20. The molecule has 0 amide bonds. The fraction of sp³-hybridized carbons (Fsp3) is 0. The first-order valence-corrected chi connectivity index (χ1v) is 6.44. The Labute approximate surface area is 107 Å². The van der Waals surface area contributed by atoms with Crippen LogP contribution in [0.5, 0.6) is 0 Å². The molecule has 0 saturated heterocycles. The van der Waals surface area contributed by atoms with Crippen molar-refractivity contribution in [2.45, 2.75) is 0 Å². The molecule has 0 radical (unpaired) electrons. The molecule has 0 aliphatic rings. The van der Waals surface area contributed by atoms with Crippen molar-refractivity contribution >= 4 is 33.5 Å². The summed E-state index contributed by atoms with van der Waals surface area (Å²) in [6, 6.07) is 14.1.